The molecule has 4 aromatic rings. The van der Waals surface area contributed by atoms with Crippen LogP contribution in [0.1, 0.15) is 44.6 Å². The van der Waals surface area contributed by atoms with Gasteiger partial charge >= 0.3 is 5.97 Å². The van der Waals surface area contributed by atoms with E-state index in [9.17, 15) is 14.4 Å². The van der Waals surface area contributed by atoms with E-state index in [1.807, 2.05) is 24.3 Å². The highest BCUT2D eigenvalue weighted by atomic mass is 16.5. The maximum atomic E-state index is 14.0. The summed E-state index contributed by atoms with van der Waals surface area (Å²) in [5, 5.41) is 0. The van der Waals surface area contributed by atoms with Gasteiger partial charge in [-0.2, -0.15) is 0 Å². The fraction of sp³-hybridized carbons (Fsp3) is 0.138. The van der Waals surface area contributed by atoms with Crippen LogP contribution in [-0.4, -0.2) is 17.8 Å². The Labute approximate surface area is 200 Å². The van der Waals surface area contributed by atoms with E-state index in [-0.39, 0.29) is 40.8 Å². The molecule has 6 heteroatoms. The predicted molar refractivity (Wildman–Crippen MR) is 126 cm³/mol. The lowest BCUT2D eigenvalue weighted by atomic mass is 9.55. The van der Waals surface area contributed by atoms with Gasteiger partial charge in [-0.15, -0.1) is 0 Å². The van der Waals surface area contributed by atoms with E-state index in [4.69, 9.17) is 9.15 Å². The number of anilines is 1. The van der Waals surface area contributed by atoms with Crippen molar-refractivity contribution >= 4 is 23.5 Å². The Balaban J connectivity index is 1.34. The Bertz CT molecular complexity index is 1410. The van der Waals surface area contributed by atoms with Crippen LogP contribution in [0.15, 0.2) is 95.6 Å². The highest BCUT2D eigenvalue weighted by molar-refractivity contribution is 6.24. The van der Waals surface area contributed by atoms with Crippen LogP contribution < -0.4 is 9.64 Å². The zero-order valence-electron chi connectivity index (χ0n) is 18.5. The van der Waals surface area contributed by atoms with Crippen LogP contribution in [0.5, 0.6) is 5.75 Å². The molecule has 1 aliphatic heterocycles. The van der Waals surface area contributed by atoms with Crippen LogP contribution in [0.2, 0.25) is 0 Å². The molecule has 0 saturated carbocycles. The van der Waals surface area contributed by atoms with E-state index in [0.717, 1.165) is 22.3 Å². The lowest BCUT2D eigenvalue weighted by molar-refractivity contribution is -0.122. The second kappa shape index (κ2) is 7.27. The lowest BCUT2D eigenvalue weighted by Crippen LogP contribution is -2.41. The first kappa shape index (κ1) is 20.0. The zero-order valence-corrected chi connectivity index (χ0v) is 18.5. The molecule has 2 bridgehead atoms. The second-order valence-corrected chi connectivity index (χ2v) is 9.11. The molecule has 0 spiro atoms. The van der Waals surface area contributed by atoms with Gasteiger partial charge in [0.15, 0.2) is 5.75 Å². The molecule has 35 heavy (non-hydrogen) atoms. The standard InChI is InChI=1S/C29H19NO5/c31-27-25-23-16-8-1-2-9-17(16)24(19-11-4-3-10-18(19)23)26(25)28(32)30(27)20-12-5-6-13-21(20)35-29(33)22-14-7-15-34-22/h1-15,23-26H/t23?,24?,25-,26+. The number of carbonyl (C=O) groups excluding carboxylic acids is 3. The number of esters is 1. The highest BCUT2D eigenvalue weighted by Gasteiger charge is 2.62. The van der Waals surface area contributed by atoms with E-state index in [2.05, 4.69) is 24.3 Å². The van der Waals surface area contributed by atoms with Gasteiger partial charge in [-0.05, 0) is 46.5 Å². The molecule has 3 aliphatic carbocycles. The third-order valence-electron chi connectivity index (χ3n) is 7.48. The largest absolute Gasteiger partial charge is 0.457 e. The van der Waals surface area contributed by atoms with E-state index in [1.165, 1.54) is 17.2 Å². The van der Waals surface area contributed by atoms with Crippen molar-refractivity contribution in [3.63, 3.8) is 0 Å². The predicted octanol–water partition coefficient (Wildman–Crippen LogP) is 4.90. The van der Waals surface area contributed by atoms with Crippen LogP contribution in [0.3, 0.4) is 0 Å². The Morgan fingerprint density at radius 3 is 1.71 bits per heavy atom. The van der Waals surface area contributed by atoms with Crippen molar-refractivity contribution in [1.29, 1.82) is 0 Å². The highest BCUT2D eigenvalue weighted by Crippen LogP contribution is 2.61. The Morgan fingerprint density at radius 2 is 1.20 bits per heavy atom. The summed E-state index contributed by atoms with van der Waals surface area (Å²) in [6.45, 7) is 0. The summed E-state index contributed by atoms with van der Waals surface area (Å²) >= 11 is 0. The number of rotatable bonds is 3. The molecule has 8 rings (SSSR count). The number of hydrogen-bond donors (Lipinski definition) is 0. The molecule has 170 valence electrons. The smallest absolute Gasteiger partial charge is 0.379 e. The first-order chi connectivity index (χ1) is 17.1. The molecule has 1 saturated heterocycles. The average molecular weight is 461 g/mol. The van der Waals surface area contributed by atoms with Gasteiger partial charge in [0.1, 0.15) is 0 Å². The van der Waals surface area contributed by atoms with Crippen molar-refractivity contribution < 1.29 is 23.5 Å². The molecule has 0 unspecified atom stereocenters. The van der Waals surface area contributed by atoms with Gasteiger partial charge in [-0.25, -0.2) is 9.69 Å². The summed E-state index contributed by atoms with van der Waals surface area (Å²) < 4.78 is 10.7. The molecule has 2 heterocycles. The normalized spacial score (nSPS) is 23.6. The zero-order chi connectivity index (χ0) is 23.7. The topological polar surface area (TPSA) is 76.8 Å². The SMILES string of the molecule is O=C(Oc1ccccc1N1C(=O)[C@@H]2C3c4ccccc4C(c4ccccc43)[C@@H]2C1=O)c1ccco1. The summed E-state index contributed by atoms with van der Waals surface area (Å²) in [7, 11) is 0. The lowest BCUT2D eigenvalue weighted by Gasteiger charge is -2.45. The molecular weight excluding hydrogens is 442 g/mol. The van der Waals surface area contributed by atoms with Crippen LogP contribution in [0, 0.1) is 11.8 Å². The summed E-state index contributed by atoms with van der Waals surface area (Å²) in [4.78, 5) is 41.7. The Kier molecular flexibility index (Phi) is 4.15. The monoisotopic (exact) mass is 461 g/mol. The molecule has 4 aliphatic rings. The molecule has 2 atom stereocenters. The van der Waals surface area contributed by atoms with Gasteiger partial charge in [-0.1, -0.05) is 60.7 Å². The fourth-order valence-electron chi connectivity index (χ4n) is 6.19. The average Bonchev–Trinajstić information content (AvgIpc) is 3.52. The number of hydrogen-bond acceptors (Lipinski definition) is 5. The number of carbonyl (C=O) groups is 3. The van der Waals surface area contributed by atoms with Crippen molar-refractivity contribution in [2.75, 3.05) is 4.90 Å². The molecule has 6 nitrogen and oxygen atoms in total. The Morgan fingerprint density at radius 1 is 0.686 bits per heavy atom. The van der Waals surface area contributed by atoms with Gasteiger partial charge in [-0.3, -0.25) is 9.59 Å². The second-order valence-electron chi connectivity index (χ2n) is 9.11. The third kappa shape index (κ3) is 2.68. The Hall–Kier alpha value is -4.45. The summed E-state index contributed by atoms with van der Waals surface area (Å²) in [5.74, 6) is -2.46. The fourth-order valence-corrected chi connectivity index (χ4v) is 6.19. The summed E-state index contributed by atoms with van der Waals surface area (Å²) in [5.41, 5.74) is 4.70. The molecule has 1 fully saturated rings. The third-order valence-corrected chi connectivity index (χ3v) is 7.48. The van der Waals surface area contributed by atoms with Crippen molar-refractivity contribution in [2.45, 2.75) is 11.8 Å². The quantitative estimate of drug-likeness (QED) is 0.247. The van der Waals surface area contributed by atoms with Crippen LogP contribution >= 0.6 is 0 Å². The summed E-state index contributed by atoms with van der Waals surface area (Å²) in [6, 6.07) is 25.9. The van der Waals surface area contributed by atoms with Crippen molar-refractivity contribution in [3.05, 3.63) is 119 Å². The van der Waals surface area contributed by atoms with Gasteiger partial charge in [0.05, 0.1) is 23.8 Å². The van der Waals surface area contributed by atoms with E-state index >= 15 is 0 Å². The first-order valence-electron chi connectivity index (χ1n) is 11.6. The van der Waals surface area contributed by atoms with Gasteiger partial charge < -0.3 is 9.15 Å². The number of imide groups is 1. The number of para-hydroxylation sites is 2. The van der Waals surface area contributed by atoms with Crippen molar-refractivity contribution in [2.24, 2.45) is 11.8 Å². The van der Waals surface area contributed by atoms with Crippen LogP contribution in [0.4, 0.5) is 5.69 Å². The number of ether oxygens (including phenoxy) is 1. The van der Waals surface area contributed by atoms with Gasteiger partial charge in [0.2, 0.25) is 17.6 Å². The molecule has 0 radical (unpaired) electrons. The summed E-state index contributed by atoms with van der Waals surface area (Å²) in [6.07, 6.45) is 1.38. The number of nitrogens with zero attached hydrogens (tertiary/aromatic N) is 1. The van der Waals surface area contributed by atoms with E-state index in [0.29, 0.717) is 0 Å². The molecular formula is C29H19NO5. The van der Waals surface area contributed by atoms with Crippen LogP contribution in [-0.2, 0) is 9.59 Å². The minimum Gasteiger partial charge on any atom is -0.457 e. The molecule has 1 aromatic heterocycles. The number of benzene rings is 3. The minimum atomic E-state index is -0.696. The van der Waals surface area contributed by atoms with E-state index < -0.39 is 17.8 Å². The maximum absolute atomic E-state index is 14.0. The van der Waals surface area contributed by atoms with Crippen LogP contribution in [0.25, 0.3) is 0 Å². The number of furan rings is 1. The maximum Gasteiger partial charge on any atom is 0.379 e. The van der Waals surface area contributed by atoms with Crippen molar-refractivity contribution in [3.8, 4) is 5.75 Å². The molecule has 2 amide bonds. The molecule has 0 N–H and O–H groups in total. The van der Waals surface area contributed by atoms with Gasteiger partial charge in [0.25, 0.3) is 0 Å². The van der Waals surface area contributed by atoms with E-state index in [1.54, 1.807) is 30.3 Å². The number of amides is 2. The minimum absolute atomic E-state index is 0.0384. The van der Waals surface area contributed by atoms with Gasteiger partial charge in [0, 0.05) is 11.8 Å². The first-order valence-corrected chi connectivity index (χ1v) is 11.6. The molecule has 3 aromatic carbocycles. The van der Waals surface area contributed by atoms with Crippen molar-refractivity contribution in [1.82, 2.24) is 0 Å².